The molecule has 0 heterocycles. The van der Waals surface area contributed by atoms with E-state index in [1.54, 1.807) is 0 Å². The average molecular weight is 297 g/mol. The van der Waals surface area contributed by atoms with Crippen molar-refractivity contribution in [3.05, 3.63) is 90.5 Å². The summed E-state index contributed by atoms with van der Waals surface area (Å²) in [4.78, 5) is 0. The monoisotopic (exact) mass is 297 g/mol. The van der Waals surface area contributed by atoms with Crippen LogP contribution in [0.2, 0.25) is 0 Å². The second-order valence-corrected chi connectivity index (χ2v) is 5.84. The zero-order chi connectivity index (χ0) is 15.5. The van der Waals surface area contributed by atoms with E-state index < -0.39 is 0 Å². The van der Waals surface area contributed by atoms with Crippen LogP contribution in [-0.2, 0) is 6.42 Å². The zero-order valence-corrected chi connectivity index (χ0v) is 13.0. The van der Waals surface area contributed by atoms with Gasteiger partial charge >= 0.3 is 0 Å². The fraction of sp³-hybridized carbons (Fsp3) is 0.0909. The molecule has 23 heavy (non-hydrogen) atoms. The molecule has 0 aliphatic rings. The number of rotatable bonds is 4. The van der Waals surface area contributed by atoms with Gasteiger partial charge in [-0.25, -0.2) is 0 Å². The summed E-state index contributed by atoms with van der Waals surface area (Å²) < 4.78 is 0. The number of hydrogen-bond acceptors (Lipinski definition) is 1. The molecule has 4 rings (SSSR count). The summed E-state index contributed by atoms with van der Waals surface area (Å²) in [5.74, 6) is 0. The number of para-hydroxylation sites is 1. The van der Waals surface area contributed by atoms with Crippen molar-refractivity contribution >= 4 is 27.2 Å². The molecule has 0 fully saturated rings. The van der Waals surface area contributed by atoms with Crippen molar-refractivity contribution in [1.82, 2.24) is 0 Å². The topological polar surface area (TPSA) is 12.0 Å². The highest BCUT2D eigenvalue weighted by Crippen LogP contribution is 2.27. The van der Waals surface area contributed by atoms with Gasteiger partial charge in [-0.15, -0.1) is 0 Å². The summed E-state index contributed by atoms with van der Waals surface area (Å²) in [7, 11) is 0. The highest BCUT2D eigenvalue weighted by atomic mass is 14.9. The lowest BCUT2D eigenvalue weighted by molar-refractivity contribution is 1.03. The Labute approximate surface area is 136 Å². The Morgan fingerprint density at radius 1 is 0.565 bits per heavy atom. The van der Waals surface area contributed by atoms with Crippen LogP contribution >= 0.6 is 0 Å². The molecule has 4 aromatic rings. The largest absolute Gasteiger partial charge is 0.385 e. The molecule has 0 aliphatic heterocycles. The first-order valence-electron chi connectivity index (χ1n) is 8.10. The van der Waals surface area contributed by atoms with Crippen LogP contribution in [-0.4, -0.2) is 6.54 Å². The van der Waals surface area contributed by atoms with E-state index >= 15 is 0 Å². The third kappa shape index (κ3) is 2.78. The predicted molar refractivity (Wildman–Crippen MR) is 100 cm³/mol. The minimum atomic E-state index is 0.940. The van der Waals surface area contributed by atoms with Crippen LogP contribution in [0.25, 0.3) is 21.5 Å². The van der Waals surface area contributed by atoms with E-state index in [1.165, 1.54) is 32.8 Å². The lowest BCUT2D eigenvalue weighted by Gasteiger charge is -2.10. The fourth-order valence-corrected chi connectivity index (χ4v) is 3.22. The van der Waals surface area contributed by atoms with Crippen molar-refractivity contribution in [3.8, 4) is 0 Å². The highest BCUT2D eigenvalue weighted by Gasteiger charge is 2.04. The van der Waals surface area contributed by atoms with Gasteiger partial charge < -0.3 is 5.32 Å². The Bertz CT molecular complexity index is 942. The molecular formula is C22H19N. The summed E-state index contributed by atoms with van der Waals surface area (Å²) in [6.07, 6.45) is 1.02. The molecule has 112 valence electrons. The quantitative estimate of drug-likeness (QED) is 0.480. The van der Waals surface area contributed by atoms with E-state index in [2.05, 4.69) is 84.2 Å². The molecule has 0 radical (unpaired) electrons. The molecule has 4 aromatic carbocycles. The summed E-state index contributed by atoms with van der Waals surface area (Å²) in [6.45, 7) is 0.940. The molecule has 0 aliphatic carbocycles. The van der Waals surface area contributed by atoms with Crippen molar-refractivity contribution in [3.63, 3.8) is 0 Å². The zero-order valence-electron chi connectivity index (χ0n) is 13.0. The van der Waals surface area contributed by atoms with Gasteiger partial charge in [0, 0.05) is 12.2 Å². The normalized spacial score (nSPS) is 11.0. The molecular weight excluding hydrogens is 278 g/mol. The predicted octanol–water partition coefficient (Wildman–Crippen LogP) is 5.65. The van der Waals surface area contributed by atoms with Gasteiger partial charge in [-0.05, 0) is 45.7 Å². The first kappa shape index (κ1) is 13.8. The summed E-state index contributed by atoms with van der Waals surface area (Å²) >= 11 is 0. The molecule has 0 bridgehead atoms. The van der Waals surface area contributed by atoms with Crippen LogP contribution < -0.4 is 5.32 Å². The first-order chi connectivity index (χ1) is 11.4. The first-order valence-corrected chi connectivity index (χ1v) is 8.10. The molecule has 0 saturated carbocycles. The third-order valence-electron chi connectivity index (χ3n) is 4.37. The van der Waals surface area contributed by atoms with Crippen LogP contribution in [0.4, 0.5) is 5.69 Å². The number of fused-ring (bicyclic) bond motifs is 3. The van der Waals surface area contributed by atoms with Gasteiger partial charge in [-0.3, -0.25) is 0 Å². The second-order valence-electron chi connectivity index (χ2n) is 5.84. The van der Waals surface area contributed by atoms with Crippen molar-refractivity contribution in [2.75, 3.05) is 11.9 Å². The van der Waals surface area contributed by atoms with Gasteiger partial charge in [-0.1, -0.05) is 72.8 Å². The number of benzene rings is 4. The Balaban J connectivity index is 1.64. The van der Waals surface area contributed by atoms with E-state index in [0.29, 0.717) is 0 Å². The lowest BCUT2D eigenvalue weighted by atomic mass is 9.97. The van der Waals surface area contributed by atoms with E-state index in [4.69, 9.17) is 0 Å². The molecule has 0 atom stereocenters. The van der Waals surface area contributed by atoms with Crippen LogP contribution in [0, 0.1) is 0 Å². The van der Waals surface area contributed by atoms with Gasteiger partial charge in [0.15, 0.2) is 0 Å². The van der Waals surface area contributed by atoms with E-state index in [0.717, 1.165) is 13.0 Å². The number of hydrogen-bond donors (Lipinski definition) is 1. The van der Waals surface area contributed by atoms with Crippen molar-refractivity contribution in [2.45, 2.75) is 6.42 Å². The molecule has 1 N–H and O–H groups in total. The van der Waals surface area contributed by atoms with Crippen LogP contribution in [0.15, 0.2) is 84.9 Å². The highest BCUT2D eigenvalue weighted by molar-refractivity contribution is 6.08. The molecule has 0 unspecified atom stereocenters. The minimum absolute atomic E-state index is 0.940. The van der Waals surface area contributed by atoms with Gasteiger partial charge in [0.1, 0.15) is 0 Å². The Morgan fingerprint density at radius 2 is 1.35 bits per heavy atom. The molecule has 0 saturated heterocycles. The van der Waals surface area contributed by atoms with E-state index in [9.17, 15) is 0 Å². The van der Waals surface area contributed by atoms with Gasteiger partial charge in [-0.2, -0.15) is 0 Å². The average Bonchev–Trinajstić information content (AvgIpc) is 2.62. The van der Waals surface area contributed by atoms with Crippen molar-refractivity contribution in [1.29, 1.82) is 0 Å². The van der Waals surface area contributed by atoms with E-state index in [-0.39, 0.29) is 0 Å². The maximum Gasteiger partial charge on any atom is 0.0340 e. The third-order valence-corrected chi connectivity index (χ3v) is 4.37. The molecule has 1 heteroatoms. The van der Waals surface area contributed by atoms with E-state index in [1.807, 2.05) is 6.07 Å². The molecule has 0 aromatic heterocycles. The maximum atomic E-state index is 3.49. The number of nitrogens with one attached hydrogen (secondary N) is 1. The molecule has 1 nitrogen and oxygen atoms in total. The van der Waals surface area contributed by atoms with Crippen LogP contribution in [0.1, 0.15) is 5.56 Å². The van der Waals surface area contributed by atoms with Gasteiger partial charge in [0.05, 0.1) is 0 Å². The summed E-state index contributed by atoms with van der Waals surface area (Å²) in [5.41, 5.74) is 2.58. The number of anilines is 1. The van der Waals surface area contributed by atoms with Crippen LogP contribution in [0.5, 0.6) is 0 Å². The molecule has 0 spiro atoms. The standard InChI is InChI=1S/C22H19N/c1-2-9-19(10-3-1)23-16-15-18-8-6-12-22-20-11-5-4-7-17(20)13-14-21(18)22/h1-14,23H,15-16H2. The van der Waals surface area contributed by atoms with Crippen LogP contribution in [0.3, 0.4) is 0 Å². The Hall–Kier alpha value is -2.80. The maximum absolute atomic E-state index is 3.49. The molecule has 0 amide bonds. The minimum Gasteiger partial charge on any atom is -0.385 e. The summed E-state index contributed by atoms with van der Waals surface area (Å²) in [5, 5.41) is 8.85. The van der Waals surface area contributed by atoms with Gasteiger partial charge in [0.25, 0.3) is 0 Å². The van der Waals surface area contributed by atoms with Crippen molar-refractivity contribution in [2.24, 2.45) is 0 Å². The Morgan fingerprint density at radius 3 is 2.26 bits per heavy atom. The smallest absolute Gasteiger partial charge is 0.0340 e. The van der Waals surface area contributed by atoms with Gasteiger partial charge in [0.2, 0.25) is 0 Å². The fourth-order valence-electron chi connectivity index (χ4n) is 3.22. The second kappa shape index (κ2) is 6.13. The lowest BCUT2D eigenvalue weighted by Crippen LogP contribution is -2.04. The summed E-state index contributed by atoms with van der Waals surface area (Å²) in [6, 6.07) is 30.1. The SMILES string of the molecule is c1ccc(NCCc2cccc3c2ccc2ccccc23)cc1. The Kier molecular flexibility index (Phi) is 3.69. The van der Waals surface area contributed by atoms with Crippen molar-refractivity contribution < 1.29 is 0 Å².